The van der Waals surface area contributed by atoms with E-state index in [9.17, 15) is 24.9 Å². The predicted octanol–water partition coefficient (Wildman–Crippen LogP) is 6.74. The van der Waals surface area contributed by atoms with Gasteiger partial charge < -0.3 is 34.3 Å². The van der Waals surface area contributed by atoms with Crippen molar-refractivity contribution >= 4 is 50.1 Å². The molecule has 0 atom stereocenters. The molecule has 0 saturated carbocycles. The lowest BCUT2D eigenvalue weighted by molar-refractivity contribution is -0.134. The van der Waals surface area contributed by atoms with Crippen LogP contribution < -0.4 is 10.1 Å². The van der Waals surface area contributed by atoms with Gasteiger partial charge >= 0.3 is 12.0 Å². The number of amides is 1. The Morgan fingerprint density at radius 2 is 1.70 bits per heavy atom. The Labute approximate surface area is 302 Å². The molecule has 266 valence electrons. The molecule has 13 heteroatoms. The highest BCUT2D eigenvalue weighted by Gasteiger charge is 2.22. The van der Waals surface area contributed by atoms with E-state index in [0.29, 0.717) is 40.0 Å². The summed E-state index contributed by atoms with van der Waals surface area (Å²) >= 11 is 0. The summed E-state index contributed by atoms with van der Waals surface area (Å²) in [6.07, 6.45) is 4.45. The first-order valence-corrected chi connectivity index (χ1v) is 17.2. The first-order valence-electron chi connectivity index (χ1n) is 17.2. The molecule has 0 saturated heterocycles. The number of aromatic hydroxyl groups is 3. The maximum Gasteiger partial charge on any atom is 0.319 e. The number of benzene rings is 3. The Bertz CT molecular complexity index is 2740. The van der Waals surface area contributed by atoms with E-state index >= 15 is 0 Å². The molecule has 1 amide bonds. The molecule has 0 aliphatic carbocycles. The number of hydrogen-bond donors (Lipinski definition) is 4. The molecule has 3 aromatic carbocycles. The van der Waals surface area contributed by atoms with Crippen LogP contribution in [0.3, 0.4) is 0 Å². The molecule has 13 nitrogen and oxygen atoms in total. The number of phenols is 2. The molecular weight excluding hydrogens is 674 g/mol. The Hall–Kier alpha value is -6.89. The van der Waals surface area contributed by atoms with Crippen molar-refractivity contribution in [2.45, 2.75) is 32.6 Å². The number of hydrogen-bond acceptors (Lipinski definition) is 9. The van der Waals surface area contributed by atoms with Crippen molar-refractivity contribution in [3.63, 3.8) is 0 Å². The lowest BCUT2D eigenvalue weighted by Crippen LogP contribution is -2.27. The first kappa shape index (κ1) is 33.3. The van der Waals surface area contributed by atoms with Gasteiger partial charge in [-0.15, -0.1) is 5.10 Å². The van der Waals surface area contributed by atoms with Gasteiger partial charge in [0.2, 0.25) is 0 Å². The molecule has 0 radical (unpaired) electrons. The lowest BCUT2D eigenvalue weighted by Gasteiger charge is -2.13. The number of esters is 1. The molecule has 5 heterocycles. The largest absolute Gasteiger partial charge is 0.508 e. The van der Waals surface area contributed by atoms with Gasteiger partial charge in [-0.25, -0.2) is 9.55 Å². The van der Waals surface area contributed by atoms with E-state index in [1.54, 1.807) is 41.9 Å². The summed E-state index contributed by atoms with van der Waals surface area (Å²) in [5, 5.41) is 45.1. The van der Waals surface area contributed by atoms with Crippen LogP contribution in [0.5, 0.6) is 23.3 Å². The second kappa shape index (κ2) is 13.0. The molecule has 0 spiro atoms. The fourth-order valence-electron chi connectivity index (χ4n) is 6.81. The molecule has 4 N–H and O–H groups in total. The summed E-state index contributed by atoms with van der Waals surface area (Å²) < 4.78 is 10.9. The zero-order valence-electron chi connectivity index (χ0n) is 29.1. The van der Waals surface area contributed by atoms with Crippen molar-refractivity contribution in [2.24, 2.45) is 7.05 Å². The van der Waals surface area contributed by atoms with Crippen LogP contribution in [0.2, 0.25) is 0 Å². The van der Waals surface area contributed by atoms with Gasteiger partial charge in [-0.05, 0) is 72.5 Å². The molecule has 5 aromatic heterocycles. The summed E-state index contributed by atoms with van der Waals surface area (Å²) in [5.74, 6) is -0.474. The summed E-state index contributed by atoms with van der Waals surface area (Å²) in [4.78, 5) is 31.0. The number of rotatable bonds is 9. The van der Waals surface area contributed by atoms with E-state index in [1.165, 1.54) is 10.6 Å². The summed E-state index contributed by atoms with van der Waals surface area (Å²) in [7, 11) is 1.78. The van der Waals surface area contributed by atoms with Crippen molar-refractivity contribution in [1.82, 2.24) is 34.0 Å². The highest BCUT2D eigenvalue weighted by Crippen LogP contribution is 2.39. The van der Waals surface area contributed by atoms with Crippen LogP contribution in [0.4, 0.5) is 0 Å². The zero-order chi connectivity index (χ0) is 37.0. The van der Waals surface area contributed by atoms with Crippen LogP contribution in [0, 0.1) is 0 Å². The highest BCUT2D eigenvalue weighted by atomic mass is 16.5. The molecule has 0 fully saturated rings. The monoisotopic (exact) mass is 709 g/mol. The summed E-state index contributed by atoms with van der Waals surface area (Å²) in [6.45, 7) is 4.07. The smallest absolute Gasteiger partial charge is 0.319 e. The van der Waals surface area contributed by atoms with E-state index in [2.05, 4.69) is 15.5 Å². The van der Waals surface area contributed by atoms with Gasteiger partial charge in [0.05, 0.1) is 22.3 Å². The SMILES string of the molecule is CC(C)c1cc(-c2nnc(O)n2-c2ccc3c(c2)cc(C(=O)NCCCC(=O)Oc2cccc4cc5cn6ccccc6c5nc24)n3C)c(O)cc1O. The molecule has 0 unspecified atom stereocenters. The van der Waals surface area contributed by atoms with Crippen molar-refractivity contribution < 1.29 is 29.6 Å². The van der Waals surface area contributed by atoms with E-state index in [1.807, 2.05) is 73.1 Å². The van der Waals surface area contributed by atoms with Gasteiger partial charge in [0.15, 0.2) is 11.6 Å². The normalized spacial score (nSPS) is 11.7. The predicted molar refractivity (Wildman–Crippen MR) is 200 cm³/mol. The fourth-order valence-corrected chi connectivity index (χ4v) is 6.81. The van der Waals surface area contributed by atoms with Crippen LogP contribution in [-0.4, -0.2) is 62.5 Å². The maximum atomic E-state index is 13.3. The number of aryl methyl sites for hydroxylation is 1. The Kier molecular flexibility index (Phi) is 8.17. The topological polar surface area (TPSA) is 169 Å². The minimum atomic E-state index is -0.426. The second-order valence-corrected chi connectivity index (χ2v) is 13.3. The van der Waals surface area contributed by atoms with Crippen LogP contribution in [0.1, 0.15) is 48.7 Å². The molecule has 8 rings (SSSR count). The van der Waals surface area contributed by atoms with Crippen LogP contribution in [0.15, 0.2) is 91.3 Å². The number of pyridine rings is 2. The summed E-state index contributed by atoms with van der Waals surface area (Å²) in [6, 6.07) is 23.0. The third-order valence-electron chi connectivity index (χ3n) is 9.49. The molecular formula is C40H35N7O6. The molecule has 53 heavy (non-hydrogen) atoms. The van der Waals surface area contributed by atoms with Gasteiger partial charge in [-0.3, -0.25) is 9.59 Å². The number of carbonyl (C=O) groups is 2. The fraction of sp³-hybridized carbons (Fsp3) is 0.175. The average Bonchev–Trinajstić information content (AvgIpc) is 3.81. The van der Waals surface area contributed by atoms with Crippen molar-refractivity contribution in [3.8, 4) is 40.3 Å². The van der Waals surface area contributed by atoms with E-state index in [4.69, 9.17) is 9.72 Å². The standard InChI is InChI=1S/C40H35N7O6/c1-22(2)27-19-28(33(49)20-32(27)48)38-43-44-40(52)47(38)26-12-13-29-24(17-26)18-31(45(29)3)39(51)41-14-7-11-35(50)53-34-10-6-8-23-16-25-21-46-15-5-4-9-30(46)36(25)42-37(23)34/h4-6,8-10,12-13,15-22,48-49H,7,11,14H2,1-3H3,(H,41,51)(H,44,52). The first-order chi connectivity index (χ1) is 25.6. The van der Waals surface area contributed by atoms with Gasteiger partial charge in [-0.1, -0.05) is 37.1 Å². The third-order valence-corrected chi connectivity index (χ3v) is 9.49. The van der Waals surface area contributed by atoms with Gasteiger partial charge in [0.25, 0.3) is 5.91 Å². The number of nitrogens with one attached hydrogen (secondary N) is 1. The molecule has 0 aliphatic heterocycles. The minimum absolute atomic E-state index is 0.0374. The number of nitrogens with zero attached hydrogens (tertiary/aromatic N) is 6. The summed E-state index contributed by atoms with van der Waals surface area (Å²) in [5.41, 5.74) is 4.95. The van der Waals surface area contributed by atoms with Crippen LogP contribution in [0.25, 0.3) is 55.3 Å². The third kappa shape index (κ3) is 5.91. The Morgan fingerprint density at radius 1 is 0.849 bits per heavy atom. The van der Waals surface area contributed by atoms with Crippen molar-refractivity contribution in [2.75, 3.05) is 6.54 Å². The van der Waals surface area contributed by atoms with Crippen molar-refractivity contribution in [1.29, 1.82) is 0 Å². The van der Waals surface area contributed by atoms with E-state index in [0.717, 1.165) is 27.3 Å². The number of aromatic nitrogens is 6. The number of ether oxygens (including phenoxy) is 1. The molecule has 8 aromatic rings. The average molecular weight is 710 g/mol. The molecule has 0 aliphatic rings. The lowest BCUT2D eigenvalue weighted by atomic mass is 9.98. The van der Waals surface area contributed by atoms with Crippen LogP contribution in [-0.2, 0) is 11.8 Å². The van der Waals surface area contributed by atoms with Gasteiger partial charge in [0.1, 0.15) is 22.7 Å². The number of fused-ring (bicyclic) bond motifs is 5. The maximum absolute atomic E-state index is 13.3. The second-order valence-electron chi connectivity index (χ2n) is 13.3. The highest BCUT2D eigenvalue weighted by molar-refractivity contribution is 6.03. The van der Waals surface area contributed by atoms with E-state index in [-0.39, 0.29) is 47.7 Å². The van der Waals surface area contributed by atoms with Gasteiger partial charge in [0, 0.05) is 60.1 Å². The Balaban J connectivity index is 0.948. The van der Waals surface area contributed by atoms with Gasteiger partial charge in [-0.2, -0.15) is 0 Å². The number of carbonyl (C=O) groups excluding carboxylic acids is 2. The quantitative estimate of drug-likeness (QED) is 0.0721. The Morgan fingerprint density at radius 3 is 2.53 bits per heavy atom. The van der Waals surface area contributed by atoms with E-state index < -0.39 is 12.0 Å². The molecule has 0 bridgehead atoms. The van der Waals surface area contributed by atoms with Crippen LogP contribution >= 0.6 is 0 Å². The number of para-hydroxylation sites is 1. The number of phenolic OH excluding ortho intramolecular Hbond substituents is 2. The zero-order valence-corrected chi connectivity index (χ0v) is 29.1. The van der Waals surface area contributed by atoms with Crippen molar-refractivity contribution in [3.05, 3.63) is 103 Å². The minimum Gasteiger partial charge on any atom is -0.508 e.